The molecule has 0 amide bonds. The highest BCUT2D eigenvalue weighted by molar-refractivity contribution is 6.11. The van der Waals surface area contributed by atoms with Gasteiger partial charge in [-0.1, -0.05) is 60.7 Å². The van der Waals surface area contributed by atoms with Crippen LogP contribution in [0.5, 0.6) is 0 Å². The van der Waals surface area contributed by atoms with Crippen LogP contribution in [0.1, 0.15) is 15.9 Å². The molecule has 3 heteroatoms. The predicted molar refractivity (Wildman–Crippen MR) is 80.3 cm³/mol. The van der Waals surface area contributed by atoms with E-state index in [1.807, 2.05) is 24.3 Å². The predicted octanol–water partition coefficient (Wildman–Crippen LogP) is 3.54. The standard InChI is InChI=1S/C18H12O3/c19-16-12-11-15(17(20)13-7-3-1-4-8-13)18(21-16)14-9-5-2-6-10-14/h1-12H. The summed E-state index contributed by atoms with van der Waals surface area (Å²) in [6.45, 7) is 0. The first-order valence-corrected chi connectivity index (χ1v) is 6.55. The van der Waals surface area contributed by atoms with E-state index in [1.54, 1.807) is 36.4 Å². The Morgan fingerprint density at radius 2 is 1.38 bits per heavy atom. The van der Waals surface area contributed by atoms with Gasteiger partial charge in [-0.25, -0.2) is 4.79 Å². The van der Waals surface area contributed by atoms with Crippen molar-refractivity contribution in [3.05, 3.63) is 94.3 Å². The molecular weight excluding hydrogens is 264 g/mol. The van der Waals surface area contributed by atoms with E-state index < -0.39 is 5.63 Å². The van der Waals surface area contributed by atoms with Crippen LogP contribution in [-0.4, -0.2) is 5.78 Å². The molecule has 1 aromatic heterocycles. The fraction of sp³-hybridized carbons (Fsp3) is 0. The van der Waals surface area contributed by atoms with Gasteiger partial charge in [0.15, 0.2) is 5.78 Å². The average Bonchev–Trinajstić information content (AvgIpc) is 2.56. The van der Waals surface area contributed by atoms with Crippen molar-refractivity contribution in [1.82, 2.24) is 0 Å². The summed E-state index contributed by atoms with van der Waals surface area (Å²) < 4.78 is 5.26. The third kappa shape index (κ3) is 2.67. The van der Waals surface area contributed by atoms with E-state index in [-0.39, 0.29) is 5.78 Å². The summed E-state index contributed by atoms with van der Waals surface area (Å²) in [4.78, 5) is 24.1. The zero-order valence-electron chi connectivity index (χ0n) is 11.2. The van der Waals surface area contributed by atoms with E-state index in [0.717, 1.165) is 0 Å². The maximum Gasteiger partial charge on any atom is 0.336 e. The highest BCUT2D eigenvalue weighted by atomic mass is 16.4. The molecule has 3 rings (SSSR count). The van der Waals surface area contributed by atoms with Crippen molar-refractivity contribution in [2.24, 2.45) is 0 Å². The lowest BCUT2D eigenvalue weighted by Crippen LogP contribution is -2.07. The quantitative estimate of drug-likeness (QED) is 0.687. The van der Waals surface area contributed by atoms with Crippen LogP contribution in [0, 0.1) is 0 Å². The lowest BCUT2D eigenvalue weighted by molar-refractivity contribution is 0.103. The van der Waals surface area contributed by atoms with E-state index >= 15 is 0 Å². The van der Waals surface area contributed by atoms with Crippen LogP contribution >= 0.6 is 0 Å². The van der Waals surface area contributed by atoms with Crippen LogP contribution < -0.4 is 5.63 Å². The topological polar surface area (TPSA) is 47.3 Å². The highest BCUT2D eigenvalue weighted by Gasteiger charge is 2.17. The summed E-state index contributed by atoms with van der Waals surface area (Å²) in [6.07, 6.45) is 0. The molecule has 0 aliphatic heterocycles. The SMILES string of the molecule is O=C(c1ccccc1)c1ccc(=O)oc1-c1ccccc1. The zero-order valence-corrected chi connectivity index (χ0v) is 11.2. The third-order valence-electron chi connectivity index (χ3n) is 3.15. The van der Waals surface area contributed by atoms with Crippen molar-refractivity contribution in [2.75, 3.05) is 0 Å². The Morgan fingerprint density at radius 1 is 0.762 bits per heavy atom. The summed E-state index contributed by atoms with van der Waals surface area (Å²) in [6, 6.07) is 20.8. The summed E-state index contributed by atoms with van der Waals surface area (Å²) in [5.41, 5.74) is 1.17. The molecule has 21 heavy (non-hydrogen) atoms. The molecule has 0 bridgehead atoms. The maximum absolute atomic E-state index is 12.6. The summed E-state index contributed by atoms with van der Waals surface area (Å²) in [5.74, 6) is 0.134. The monoisotopic (exact) mass is 276 g/mol. The second-order valence-corrected chi connectivity index (χ2v) is 4.56. The van der Waals surface area contributed by atoms with E-state index in [0.29, 0.717) is 22.5 Å². The van der Waals surface area contributed by atoms with Gasteiger partial charge < -0.3 is 4.42 Å². The van der Waals surface area contributed by atoms with E-state index in [2.05, 4.69) is 0 Å². The lowest BCUT2D eigenvalue weighted by atomic mass is 9.99. The van der Waals surface area contributed by atoms with Crippen LogP contribution in [0.15, 0.2) is 82.0 Å². The molecule has 102 valence electrons. The van der Waals surface area contributed by atoms with E-state index in [9.17, 15) is 9.59 Å². The number of hydrogen-bond donors (Lipinski definition) is 0. The zero-order chi connectivity index (χ0) is 14.7. The Bertz CT molecular complexity index is 818. The first-order chi connectivity index (χ1) is 10.3. The van der Waals surface area contributed by atoms with Gasteiger partial charge in [0.25, 0.3) is 0 Å². The molecule has 0 unspecified atom stereocenters. The van der Waals surface area contributed by atoms with Crippen LogP contribution in [0.25, 0.3) is 11.3 Å². The van der Waals surface area contributed by atoms with Crippen molar-refractivity contribution in [3.63, 3.8) is 0 Å². The van der Waals surface area contributed by atoms with Crippen LogP contribution in [-0.2, 0) is 0 Å². The minimum atomic E-state index is -0.474. The third-order valence-corrected chi connectivity index (χ3v) is 3.15. The van der Waals surface area contributed by atoms with Gasteiger partial charge in [-0.15, -0.1) is 0 Å². The Labute approximate surface area is 121 Å². The van der Waals surface area contributed by atoms with Crippen molar-refractivity contribution < 1.29 is 9.21 Å². The smallest absolute Gasteiger partial charge is 0.336 e. The molecule has 0 fully saturated rings. The maximum atomic E-state index is 12.6. The molecule has 2 aromatic carbocycles. The number of ketones is 1. The normalized spacial score (nSPS) is 10.3. The van der Waals surface area contributed by atoms with E-state index in [1.165, 1.54) is 12.1 Å². The molecule has 0 aliphatic carbocycles. The van der Waals surface area contributed by atoms with Gasteiger partial charge in [0, 0.05) is 17.2 Å². The number of hydrogen-bond acceptors (Lipinski definition) is 3. The van der Waals surface area contributed by atoms with Gasteiger partial charge in [0.05, 0.1) is 5.56 Å². The van der Waals surface area contributed by atoms with Gasteiger partial charge in [0.1, 0.15) is 5.76 Å². The second kappa shape index (κ2) is 5.59. The van der Waals surface area contributed by atoms with Gasteiger partial charge in [0.2, 0.25) is 0 Å². The number of rotatable bonds is 3. The van der Waals surface area contributed by atoms with Gasteiger partial charge in [-0.3, -0.25) is 4.79 Å². The number of carbonyl (C=O) groups is 1. The van der Waals surface area contributed by atoms with Crippen molar-refractivity contribution in [2.45, 2.75) is 0 Å². The van der Waals surface area contributed by atoms with Crippen LogP contribution in [0.2, 0.25) is 0 Å². The minimum absolute atomic E-state index is 0.168. The van der Waals surface area contributed by atoms with Gasteiger partial charge in [-0.2, -0.15) is 0 Å². The molecule has 3 aromatic rings. The van der Waals surface area contributed by atoms with Crippen LogP contribution in [0.3, 0.4) is 0 Å². The first-order valence-electron chi connectivity index (χ1n) is 6.55. The van der Waals surface area contributed by atoms with E-state index in [4.69, 9.17) is 4.42 Å². The molecular formula is C18H12O3. The molecule has 0 spiro atoms. The van der Waals surface area contributed by atoms with Gasteiger partial charge in [-0.05, 0) is 6.07 Å². The van der Waals surface area contributed by atoms with Crippen LogP contribution in [0.4, 0.5) is 0 Å². The second-order valence-electron chi connectivity index (χ2n) is 4.56. The Balaban J connectivity index is 2.16. The lowest BCUT2D eigenvalue weighted by Gasteiger charge is -2.07. The molecule has 0 saturated heterocycles. The fourth-order valence-electron chi connectivity index (χ4n) is 2.14. The molecule has 1 heterocycles. The Kier molecular flexibility index (Phi) is 3.48. The van der Waals surface area contributed by atoms with Crippen molar-refractivity contribution in [3.8, 4) is 11.3 Å². The number of carbonyl (C=O) groups excluding carboxylic acids is 1. The Hall–Kier alpha value is -2.94. The summed E-state index contributed by atoms with van der Waals surface area (Å²) in [7, 11) is 0. The Morgan fingerprint density at radius 3 is 2.05 bits per heavy atom. The summed E-state index contributed by atoms with van der Waals surface area (Å²) >= 11 is 0. The molecule has 0 N–H and O–H groups in total. The largest absolute Gasteiger partial charge is 0.422 e. The molecule has 0 saturated carbocycles. The molecule has 3 nitrogen and oxygen atoms in total. The molecule has 0 atom stereocenters. The molecule has 0 aliphatic rings. The number of benzene rings is 2. The first kappa shape index (κ1) is 13.1. The van der Waals surface area contributed by atoms with Crippen molar-refractivity contribution in [1.29, 1.82) is 0 Å². The fourth-order valence-corrected chi connectivity index (χ4v) is 2.14. The molecule has 0 radical (unpaired) electrons. The summed E-state index contributed by atoms with van der Waals surface area (Å²) in [5, 5.41) is 0. The van der Waals surface area contributed by atoms with Crippen molar-refractivity contribution >= 4 is 5.78 Å². The average molecular weight is 276 g/mol. The highest BCUT2D eigenvalue weighted by Crippen LogP contribution is 2.24. The van der Waals surface area contributed by atoms with Gasteiger partial charge >= 0.3 is 5.63 Å². The minimum Gasteiger partial charge on any atom is -0.422 e.